The highest BCUT2D eigenvalue weighted by Crippen LogP contribution is 2.34. The van der Waals surface area contributed by atoms with Gasteiger partial charge in [0.05, 0.1) is 0 Å². The van der Waals surface area contributed by atoms with E-state index in [0.717, 1.165) is 37.9 Å². The van der Waals surface area contributed by atoms with Gasteiger partial charge in [-0.05, 0) is 31.2 Å². The van der Waals surface area contributed by atoms with E-state index in [1.54, 1.807) is 0 Å². The Kier molecular flexibility index (Phi) is 5.44. The van der Waals surface area contributed by atoms with Crippen molar-refractivity contribution < 1.29 is 5.11 Å². The van der Waals surface area contributed by atoms with Gasteiger partial charge >= 0.3 is 0 Å². The SMILES string of the molecule is CCCN1CCCCC1(O)c1ccccc1.Cl. The fourth-order valence-corrected chi connectivity index (χ4v) is 2.62. The van der Waals surface area contributed by atoms with Crippen molar-refractivity contribution in [3.8, 4) is 0 Å². The van der Waals surface area contributed by atoms with Crippen LogP contribution in [-0.2, 0) is 5.72 Å². The van der Waals surface area contributed by atoms with Gasteiger partial charge in [-0.3, -0.25) is 4.90 Å². The number of aliphatic hydroxyl groups is 1. The monoisotopic (exact) mass is 255 g/mol. The van der Waals surface area contributed by atoms with E-state index in [4.69, 9.17) is 0 Å². The number of halogens is 1. The van der Waals surface area contributed by atoms with E-state index in [-0.39, 0.29) is 12.4 Å². The van der Waals surface area contributed by atoms with Crippen LogP contribution < -0.4 is 0 Å². The summed E-state index contributed by atoms with van der Waals surface area (Å²) in [4.78, 5) is 2.23. The summed E-state index contributed by atoms with van der Waals surface area (Å²) in [5, 5.41) is 10.9. The molecule has 1 aliphatic heterocycles. The Morgan fingerprint density at radius 1 is 1.24 bits per heavy atom. The third-order valence-electron chi connectivity index (χ3n) is 3.46. The van der Waals surface area contributed by atoms with Crippen LogP contribution in [0.2, 0.25) is 0 Å². The lowest BCUT2D eigenvalue weighted by Crippen LogP contribution is -2.49. The van der Waals surface area contributed by atoms with Gasteiger partial charge in [0.15, 0.2) is 0 Å². The van der Waals surface area contributed by atoms with Crippen LogP contribution in [0.1, 0.15) is 38.2 Å². The molecule has 17 heavy (non-hydrogen) atoms. The number of nitrogens with zero attached hydrogens (tertiary/aromatic N) is 1. The van der Waals surface area contributed by atoms with Crippen molar-refractivity contribution in [3.63, 3.8) is 0 Å². The molecule has 2 nitrogen and oxygen atoms in total. The largest absolute Gasteiger partial charge is 0.371 e. The first-order chi connectivity index (χ1) is 7.77. The lowest BCUT2D eigenvalue weighted by atomic mass is 9.91. The summed E-state index contributed by atoms with van der Waals surface area (Å²) >= 11 is 0. The molecule has 0 radical (unpaired) electrons. The average molecular weight is 256 g/mol. The van der Waals surface area contributed by atoms with Crippen LogP contribution >= 0.6 is 12.4 Å². The van der Waals surface area contributed by atoms with E-state index in [0.29, 0.717) is 0 Å². The molecule has 0 aromatic heterocycles. The molecule has 2 rings (SSSR count). The summed E-state index contributed by atoms with van der Waals surface area (Å²) in [6.45, 7) is 4.16. The van der Waals surface area contributed by atoms with Crippen LogP contribution in [0.5, 0.6) is 0 Å². The third kappa shape index (κ3) is 3.01. The van der Waals surface area contributed by atoms with Crippen molar-refractivity contribution in [1.82, 2.24) is 4.90 Å². The Labute approximate surface area is 110 Å². The first-order valence-corrected chi connectivity index (χ1v) is 6.30. The van der Waals surface area contributed by atoms with Crippen LogP contribution in [0.15, 0.2) is 30.3 Å². The normalized spacial score (nSPS) is 25.3. The van der Waals surface area contributed by atoms with Gasteiger partial charge in [0, 0.05) is 13.1 Å². The molecule has 1 saturated heterocycles. The van der Waals surface area contributed by atoms with Crippen LogP contribution in [0.25, 0.3) is 0 Å². The summed E-state index contributed by atoms with van der Waals surface area (Å²) in [5.74, 6) is 0. The maximum Gasteiger partial charge on any atom is 0.144 e. The number of likely N-dealkylation sites (tertiary alicyclic amines) is 1. The Hall–Kier alpha value is -0.570. The van der Waals surface area contributed by atoms with Crippen molar-refractivity contribution >= 4 is 12.4 Å². The number of rotatable bonds is 3. The molecule has 1 aromatic carbocycles. The molecule has 96 valence electrons. The number of benzene rings is 1. The van der Waals surface area contributed by atoms with Crippen LogP contribution in [-0.4, -0.2) is 23.1 Å². The average Bonchev–Trinajstić information content (AvgIpc) is 2.34. The molecule has 3 heteroatoms. The molecule has 0 spiro atoms. The first kappa shape index (κ1) is 14.5. The zero-order valence-electron chi connectivity index (χ0n) is 10.4. The third-order valence-corrected chi connectivity index (χ3v) is 3.46. The van der Waals surface area contributed by atoms with Gasteiger partial charge in [0.2, 0.25) is 0 Å². The molecule has 1 N–H and O–H groups in total. The highest BCUT2D eigenvalue weighted by Gasteiger charge is 2.37. The smallest absolute Gasteiger partial charge is 0.144 e. The van der Waals surface area contributed by atoms with Gasteiger partial charge in [-0.1, -0.05) is 37.3 Å². The van der Waals surface area contributed by atoms with Crippen molar-refractivity contribution in [1.29, 1.82) is 0 Å². The van der Waals surface area contributed by atoms with Crippen LogP contribution in [0, 0.1) is 0 Å². The molecular formula is C14H22ClNO. The van der Waals surface area contributed by atoms with Gasteiger partial charge in [-0.25, -0.2) is 0 Å². The zero-order valence-corrected chi connectivity index (χ0v) is 11.2. The van der Waals surface area contributed by atoms with Gasteiger partial charge < -0.3 is 5.11 Å². The highest BCUT2D eigenvalue weighted by atomic mass is 35.5. The lowest BCUT2D eigenvalue weighted by molar-refractivity contribution is -0.139. The number of hydrogen-bond acceptors (Lipinski definition) is 2. The Morgan fingerprint density at radius 2 is 1.94 bits per heavy atom. The lowest BCUT2D eigenvalue weighted by Gasteiger charge is -2.43. The van der Waals surface area contributed by atoms with Gasteiger partial charge in [-0.15, -0.1) is 12.4 Å². The Balaban J connectivity index is 0.00000144. The summed E-state index contributed by atoms with van der Waals surface area (Å²) < 4.78 is 0. The quantitative estimate of drug-likeness (QED) is 0.897. The molecular weight excluding hydrogens is 234 g/mol. The molecule has 0 aliphatic carbocycles. The van der Waals surface area contributed by atoms with Crippen molar-refractivity contribution in [2.45, 2.75) is 38.3 Å². The van der Waals surface area contributed by atoms with Gasteiger partial charge in [-0.2, -0.15) is 0 Å². The minimum atomic E-state index is -0.727. The molecule has 1 fully saturated rings. The summed E-state index contributed by atoms with van der Waals surface area (Å²) in [5.41, 5.74) is 0.318. The summed E-state index contributed by atoms with van der Waals surface area (Å²) in [6, 6.07) is 10.1. The molecule has 1 unspecified atom stereocenters. The molecule has 1 heterocycles. The maximum absolute atomic E-state index is 10.9. The minimum absolute atomic E-state index is 0. The standard InChI is InChI=1S/C14H21NO.ClH/c1-2-11-15-12-7-6-10-14(15,16)13-8-4-3-5-9-13;/h3-5,8-9,16H,2,6-7,10-12H2,1H3;1H. The van der Waals surface area contributed by atoms with E-state index < -0.39 is 5.72 Å². The fraction of sp³-hybridized carbons (Fsp3) is 0.571. The highest BCUT2D eigenvalue weighted by molar-refractivity contribution is 5.85. The second kappa shape index (κ2) is 6.39. The molecule has 0 bridgehead atoms. The molecule has 1 atom stereocenters. The van der Waals surface area contributed by atoms with Crippen molar-refractivity contribution in [2.75, 3.05) is 13.1 Å². The zero-order chi connectivity index (χ0) is 11.4. The van der Waals surface area contributed by atoms with Gasteiger partial charge in [0.25, 0.3) is 0 Å². The first-order valence-electron chi connectivity index (χ1n) is 6.30. The maximum atomic E-state index is 10.9. The van der Waals surface area contributed by atoms with Crippen molar-refractivity contribution in [2.24, 2.45) is 0 Å². The molecule has 1 aromatic rings. The van der Waals surface area contributed by atoms with Gasteiger partial charge in [0.1, 0.15) is 5.72 Å². The van der Waals surface area contributed by atoms with E-state index in [2.05, 4.69) is 11.8 Å². The van der Waals surface area contributed by atoms with Crippen LogP contribution in [0.3, 0.4) is 0 Å². The molecule has 0 amide bonds. The predicted octanol–water partition coefficient (Wildman–Crippen LogP) is 3.15. The predicted molar refractivity (Wildman–Crippen MR) is 73.3 cm³/mol. The van der Waals surface area contributed by atoms with Crippen LogP contribution in [0.4, 0.5) is 0 Å². The van der Waals surface area contributed by atoms with E-state index >= 15 is 0 Å². The molecule has 1 aliphatic rings. The number of hydrogen-bond donors (Lipinski definition) is 1. The molecule has 0 saturated carbocycles. The summed E-state index contributed by atoms with van der Waals surface area (Å²) in [7, 11) is 0. The summed E-state index contributed by atoms with van der Waals surface area (Å²) in [6.07, 6.45) is 4.27. The second-order valence-electron chi connectivity index (χ2n) is 4.63. The topological polar surface area (TPSA) is 23.5 Å². The van der Waals surface area contributed by atoms with E-state index in [1.165, 1.54) is 6.42 Å². The Morgan fingerprint density at radius 3 is 2.59 bits per heavy atom. The van der Waals surface area contributed by atoms with E-state index in [1.807, 2.05) is 30.3 Å². The number of piperidine rings is 1. The van der Waals surface area contributed by atoms with Crippen molar-refractivity contribution in [3.05, 3.63) is 35.9 Å². The fourth-order valence-electron chi connectivity index (χ4n) is 2.62. The minimum Gasteiger partial charge on any atom is -0.371 e. The Bertz CT molecular complexity index is 328. The second-order valence-corrected chi connectivity index (χ2v) is 4.63. The van der Waals surface area contributed by atoms with E-state index in [9.17, 15) is 5.11 Å².